The molecule has 0 radical (unpaired) electrons. The van der Waals surface area contributed by atoms with Crippen LogP contribution in [0.4, 0.5) is 0 Å². The van der Waals surface area contributed by atoms with E-state index in [0.29, 0.717) is 5.92 Å². The molecule has 3 N–H and O–H groups in total. The minimum absolute atomic E-state index is 0.0566. The van der Waals surface area contributed by atoms with Crippen LogP contribution in [0.3, 0.4) is 0 Å². The minimum atomic E-state index is -0.0866. The van der Waals surface area contributed by atoms with Gasteiger partial charge in [0, 0.05) is 12.1 Å². The lowest BCUT2D eigenvalue weighted by atomic mass is 9.87. The average Bonchev–Trinajstić information content (AvgIpc) is 2.54. The highest BCUT2D eigenvalue weighted by molar-refractivity contribution is 5.53. The second kappa shape index (κ2) is 6.13. The van der Waals surface area contributed by atoms with E-state index >= 15 is 0 Å². The molecule has 0 aromatic heterocycles. The monoisotopic (exact) mass is 313 g/mol. The standard InChI is InChI=1S/C19H23NO3/c1-11(2)12-4-5-18(23-3)15(8-12)19-14-10-17(22)16(21)9-13(14)6-7-20-19/h4-5,8-11,19-22H,6-7H2,1-3H3. The molecule has 0 bridgehead atoms. The third-order valence-corrected chi connectivity index (χ3v) is 4.52. The van der Waals surface area contributed by atoms with Crippen LogP contribution in [0.1, 0.15) is 48.1 Å². The highest BCUT2D eigenvalue weighted by Crippen LogP contribution is 2.39. The van der Waals surface area contributed by atoms with Gasteiger partial charge in [-0.15, -0.1) is 0 Å². The molecule has 0 fully saturated rings. The number of methoxy groups -OCH3 is 1. The molecule has 3 rings (SSSR count). The number of phenolic OH excluding ortho intramolecular Hbond substituents is 2. The van der Waals surface area contributed by atoms with Crippen LogP contribution in [0.2, 0.25) is 0 Å². The zero-order chi connectivity index (χ0) is 16.6. The van der Waals surface area contributed by atoms with Crippen LogP contribution in [0.15, 0.2) is 30.3 Å². The van der Waals surface area contributed by atoms with Gasteiger partial charge in [0.05, 0.1) is 13.2 Å². The van der Waals surface area contributed by atoms with Crippen molar-refractivity contribution in [3.05, 3.63) is 52.6 Å². The third-order valence-electron chi connectivity index (χ3n) is 4.52. The first kappa shape index (κ1) is 15.7. The summed E-state index contributed by atoms with van der Waals surface area (Å²) < 4.78 is 5.55. The average molecular weight is 313 g/mol. The molecule has 122 valence electrons. The van der Waals surface area contributed by atoms with Gasteiger partial charge in [0.25, 0.3) is 0 Å². The fraction of sp³-hybridized carbons (Fsp3) is 0.368. The van der Waals surface area contributed by atoms with E-state index in [2.05, 4.69) is 31.3 Å². The summed E-state index contributed by atoms with van der Waals surface area (Å²) in [7, 11) is 1.67. The lowest BCUT2D eigenvalue weighted by Crippen LogP contribution is -2.31. The molecule has 23 heavy (non-hydrogen) atoms. The summed E-state index contributed by atoms with van der Waals surface area (Å²) in [5.74, 6) is 1.10. The molecular formula is C19H23NO3. The second-order valence-corrected chi connectivity index (χ2v) is 6.33. The van der Waals surface area contributed by atoms with E-state index in [-0.39, 0.29) is 17.5 Å². The number of nitrogens with one attached hydrogen (secondary N) is 1. The van der Waals surface area contributed by atoms with Gasteiger partial charge in [0.1, 0.15) is 5.75 Å². The molecule has 0 saturated carbocycles. The number of benzene rings is 2. The highest BCUT2D eigenvalue weighted by Gasteiger charge is 2.26. The Morgan fingerprint density at radius 1 is 1.09 bits per heavy atom. The van der Waals surface area contributed by atoms with Gasteiger partial charge in [-0.2, -0.15) is 0 Å². The fourth-order valence-electron chi connectivity index (χ4n) is 3.20. The molecule has 0 spiro atoms. The molecule has 1 heterocycles. The van der Waals surface area contributed by atoms with Crippen molar-refractivity contribution in [2.24, 2.45) is 0 Å². The van der Waals surface area contributed by atoms with Crippen LogP contribution in [0.5, 0.6) is 17.2 Å². The van der Waals surface area contributed by atoms with Crippen LogP contribution in [-0.4, -0.2) is 23.9 Å². The van der Waals surface area contributed by atoms with E-state index in [4.69, 9.17) is 4.74 Å². The van der Waals surface area contributed by atoms with Crippen molar-refractivity contribution < 1.29 is 14.9 Å². The first-order valence-electron chi connectivity index (χ1n) is 7.97. The maximum Gasteiger partial charge on any atom is 0.157 e. The Labute approximate surface area is 136 Å². The van der Waals surface area contributed by atoms with Gasteiger partial charge in [-0.3, -0.25) is 0 Å². The largest absolute Gasteiger partial charge is 0.504 e. The number of fused-ring (bicyclic) bond motifs is 1. The summed E-state index contributed by atoms with van der Waals surface area (Å²) in [4.78, 5) is 0. The number of phenols is 2. The number of hydrogen-bond donors (Lipinski definition) is 3. The van der Waals surface area contributed by atoms with Gasteiger partial charge in [-0.25, -0.2) is 0 Å². The van der Waals surface area contributed by atoms with Gasteiger partial charge >= 0.3 is 0 Å². The van der Waals surface area contributed by atoms with E-state index in [0.717, 1.165) is 35.4 Å². The topological polar surface area (TPSA) is 61.7 Å². The normalized spacial score (nSPS) is 17.1. The lowest BCUT2D eigenvalue weighted by Gasteiger charge is -2.29. The van der Waals surface area contributed by atoms with Gasteiger partial charge < -0.3 is 20.3 Å². The number of rotatable bonds is 3. The van der Waals surface area contributed by atoms with Crippen LogP contribution in [0, 0.1) is 0 Å². The number of hydrogen-bond acceptors (Lipinski definition) is 4. The summed E-state index contributed by atoms with van der Waals surface area (Å²) in [5, 5.41) is 23.2. The molecule has 0 saturated heterocycles. The smallest absolute Gasteiger partial charge is 0.157 e. The van der Waals surface area contributed by atoms with E-state index in [1.165, 1.54) is 5.56 Å². The second-order valence-electron chi connectivity index (χ2n) is 6.33. The van der Waals surface area contributed by atoms with Crippen LogP contribution in [0.25, 0.3) is 0 Å². The van der Waals surface area contributed by atoms with Gasteiger partial charge in [0.15, 0.2) is 11.5 Å². The van der Waals surface area contributed by atoms with Crippen molar-refractivity contribution >= 4 is 0 Å². The van der Waals surface area contributed by atoms with Crippen LogP contribution < -0.4 is 10.1 Å². The molecule has 4 nitrogen and oxygen atoms in total. The van der Waals surface area contributed by atoms with E-state index in [1.807, 2.05) is 6.07 Å². The molecule has 1 aliphatic heterocycles. The van der Waals surface area contributed by atoms with Crippen molar-refractivity contribution in [2.75, 3.05) is 13.7 Å². The lowest BCUT2D eigenvalue weighted by molar-refractivity contribution is 0.395. The van der Waals surface area contributed by atoms with E-state index in [9.17, 15) is 10.2 Å². The zero-order valence-corrected chi connectivity index (χ0v) is 13.8. The molecule has 2 aromatic carbocycles. The van der Waals surface area contributed by atoms with E-state index < -0.39 is 0 Å². The van der Waals surface area contributed by atoms with E-state index in [1.54, 1.807) is 19.2 Å². The number of ether oxygens (including phenoxy) is 1. The van der Waals surface area contributed by atoms with Gasteiger partial charge in [-0.05, 0) is 53.3 Å². The molecule has 1 unspecified atom stereocenters. The first-order valence-corrected chi connectivity index (χ1v) is 7.97. The van der Waals surface area contributed by atoms with Crippen LogP contribution >= 0.6 is 0 Å². The quantitative estimate of drug-likeness (QED) is 0.759. The maximum atomic E-state index is 9.90. The SMILES string of the molecule is COc1ccc(C(C)C)cc1C1NCCc2cc(O)c(O)cc21. The Morgan fingerprint density at radius 3 is 2.52 bits per heavy atom. The summed E-state index contributed by atoms with van der Waals surface area (Å²) in [6.45, 7) is 5.15. The van der Waals surface area contributed by atoms with Crippen molar-refractivity contribution in [3.63, 3.8) is 0 Å². The highest BCUT2D eigenvalue weighted by atomic mass is 16.5. The van der Waals surface area contributed by atoms with Crippen molar-refractivity contribution in [3.8, 4) is 17.2 Å². The maximum absolute atomic E-state index is 9.90. The van der Waals surface area contributed by atoms with Crippen molar-refractivity contribution in [2.45, 2.75) is 32.2 Å². The first-order chi connectivity index (χ1) is 11.0. The predicted molar refractivity (Wildman–Crippen MR) is 90.4 cm³/mol. The summed E-state index contributed by atoms with van der Waals surface area (Å²) >= 11 is 0. The van der Waals surface area contributed by atoms with Crippen LogP contribution in [-0.2, 0) is 6.42 Å². The summed E-state index contributed by atoms with van der Waals surface area (Å²) in [6.07, 6.45) is 0.825. The van der Waals surface area contributed by atoms with Gasteiger partial charge in [-0.1, -0.05) is 19.9 Å². The van der Waals surface area contributed by atoms with Crippen molar-refractivity contribution in [1.29, 1.82) is 0 Å². The molecule has 4 heteroatoms. The van der Waals surface area contributed by atoms with Crippen molar-refractivity contribution in [1.82, 2.24) is 5.32 Å². The zero-order valence-electron chi connectivity index (χ0n) is 13.8. The van der Waals surface area contributed by atoms with Gasteiger partial charge in [0.2, 0.25) is 0 Å². The molecule has 1 aliphatic rings. The summed E-state index contributed by atoms with van der Waals surface area (Å²) in [6, 6.07) is 9.52. The third kappa shape index (κ3) is 2.86. The molecule has 1 atom stereocenters. The molecule has 0 amide bonds. The predicted octanol–water partition coefficient (Wildman–Crippen LogP) is 3.46. The Bertz CT molecular complexity index is 725. The molecule has 0 aliphatic carbocycles. The number of aromatic hydroxyl groups is 2. The fourth-order valence-corrected chi connectivity index (χ4v) is 3.20. The summed E-state index contributed by atoms with van der Waals surface area (Å²) in [5.41, 5.74) is 4.36. The Kier molecular flexibility index (Phi) is 4.18. The molecular weight excluding hydrogens is 290 g/mol. The Hall–Kier alpha value is -2.20. The minimum Gasteiger partial charge on any atom is -0.504 e. The Balaban J connectivity index is 2.13. The Morgan fingerprint density at radius 2 is 1.83 bits per heavy atom. The molecule has 2 aromatic rings.